The average Bonchev–Trinajstić information content (AvgIpc) is 3.18. The third-order valence-electron chi connectivity index (χ3n) is 4.42. The predicted octanol–water partition coefficient (Wildman–Crippen LogP) is 0.676. The Balaban J connectivity index is 1.85. The van der Waals surface area contributed by atoms with Crippen molar-refractivity contribution >= 4 is 21.6 Å². The average molecular weight is 326 g/mol. The summed E-state index contributed by atoms with van der Waals surface area (Å²) in [5.74, 6) is 0.407. The van der Waals surface area contributed by atoms with E-state index in [1.165, 1.54) is 25.6 Å². The Morgan fingerprint density at radius 2 is 2.00 bits per heavy atom. The van der Waals surface area contributed by atoms with Crippen LogP contribution in [0.3, 0.4) is 0 Å². The minimum Gasteiger partial charge on any atom is -0.493 e. The number of fused-ring (bicyclic) bond motifs is 1. The summed E-state index contributed by atoms with van der Waals surface area (Å²) in [5, 5.41) is 2.69. The van der Waals surface area contributed by atoms with Gasteiger partial charge in [0.2, 0.25) is 15.9 Å². The number of hydrogen-bond donors (Lipinski definition) is 1. The molecule has 7 nitrogen and oxygen atoms in total. The maximum atomic E-state index is 12.5. The van der Waals surface area contributed by atoms with Gasteiger partial charge in [0.25, 0.3) is 0 Å². The lowest BCUT2D eigenvalue weighted by Gasteiger charge is -2.17. The Bertz CT molecular complexity index is 733. The van der Waals surface area contributed by atoms with Gasteiger partial charge in [-0.25, -0.2) is 12.7 Å². The van der Waals surface area contributed by atoms with Gasteiger partial charge in [-0.15, -0.1) is 0 Å². The minimum absolute atomic E-state index is 0.123. The molecule has 1 aliphatic heterocycles. The molecule has 1 saturated heterocycles. The van der Waals surface area contributed by atoms with Crippen molar-refractivity contribution in [3.05, 3.63) is 18.2 Å². The van der Waals surface area contributed by atoms with Crippen molar-refractivity contribution in [1.82, 2.24) is 4.31 Å². The lowest BCUT2D eigenvalue weighted by atomic mass is 10.2. The summed E-state index contributed by atoms with van der Waals surface area (Å²) < 4.78 is 34.9. The van der Waals surface area contributed by atoms with Crippen LogP contribution in [0.25, 0.3) is 0 Å². The fraction of sp³-hybridized carbons (Fsp3) is 0.500. The van der Waals surface area contributed by atoms with E-state index in [4.69, 9.17) is 9.47 Å². The van der Waals surface area contributed by atoms with E-state index in [0.717, 1.165) is 0 Å². The van der Waals surface area contributed by atoms with Crippen LogP contribution in [-0.4, -0.2) is 51.2 Å². The first-order chi connectivity index (χ1) is 10.4. The van der Waals surface area contributed by atoms with Crippen molar-refractivity contribution in [2.24, 2.45) is 5.92 Å². The second-order valence-corrected chi connectivity index (χ2v) is 7.90. The smallest absolute Gasteiger partial charge is 0.247 e. The summed E-state index contributed by atoms with van der Waals surface area (Å²) >= 11 is 0. The molecular formula is C14H18N2O5S. The van der Waals surface area contributed by atoms with Gasteiger partial charge in [-0.05, 0) is 18.6 Å². The zero-order valence-corrected chi connectivity index (χ0v) is 13.4. The van der Waals surface area contributed by atoms with Crippen molar-refractivity contribution < 1.29 is 22.7 Å². The van der Waals surface area contributed by atoms with Gasteiger partial charge in [-0.3, -0.25) is 4.79 Å². The monoisotopic (exact) mass is 326 g/mol. The Labute approximate surface area is 129 Å². The summed E-state index contributed by atoms with van der Waals surface area (Å²) in [4.78, 5) is 12.5. The summed E-state index contributed by atoms with van der Waals surface area (Å²) in [6, 6.07) is 4.92. The molecule has 2 unspecified atom stereocenters. The number of benzene rings is 1. The first kappa shape index (κ1) is 15.1. The zero-order chi connectivity index (χ0) is 16.1. The Morgan fingerprint density at radius 3 is 2.55 bits per heavy atom. The third kappa shape index (κ3) is 1.90. The van der Waals surface area contributed by atoms with E-state index in [1.807, 2.05) is 0 Å². The summed E-state index contributed by atoms with van der Waals surface area (Å²) in [6.45, 7) is 0.404. The number of rotatable bonds is 4. The number of amides is 1. The molecule has 0 aromatic heterocycles. The van der Waals surface area contributed by atoms with Crippen LogP contribution in [0.5, 0.6) is 11.5 Å². The highest BCUT2D eigenvalue weighted by Gasteiger charge is 2.74. The first-order valence-corrected chi connectivity index (χ1v) is 8.30. The van der Waals surface area contributed by atoms with E-state index in [9.17, 15) is 13.2 Å². The minimum atomic E-state index is -3.57. The molecule has 1 heterocycles. The standard InChI is InChI=1S/C14H18N2O5S/c1-16-8-9-7-14(9,22(16,18)19)13(17)15-10-4-5-11(20-2)12(6-10)21-3/h4-6,9H,7-8H2,1-3H3,(H,15,17). The van der Waals surface area contributed by atoms with Gasteiger partial charge in [0.1, 0.15) is 0 Å². The molecular weight excluding hydrogens is 308 g/mol. The molecule has 0 radical (unpaired) electrons. The maximum Gasteiger partial charge on any atom is 0.247 e. The second-order valence-electron chi connectivity index (χ2n) is 5.60. The number of sulfonamides is 1. The quantitative estimate of drug-likeness (QED) is 0.879. The first-order valence-electron chi connectivity index (χ1n) is 6.86. The fourth-order valence-corrected chi connectivity index (χ4v) is 5.19. The molecule has 2 atom stereocenters. The highest BCUT2D eigenvalue weighted by Crippen LogP contribution is 2.57. The van der Waals surface area contributed by atoms with Gasteiger partial charge in [0.05, 0.1) is 14.2 Å². The van der Waals surface area contributed by atoms with E-state index in [-0.39, 0.29) is 5.92 Å². The molecule has 1 saturated carbocycles. The molecule has 8 heteroatoms. The number of hydrogen-bond acceptors (Lipinski definition) is 5. The summed E-state index contributed by atoms with van der Waals surface area (Å²) in [6.07, 6.45) is 0.388. The van der Waals surface area contributed by atoms with Gasteiger partial charge < -0.3 is 14.8 Å². The number of carbonyl (C=O) groups is 1. The van der Waals surface area contributed by atoms with Gasteiger partial charge in [0.15, 0.2) is 16.2 Å². The number of nitrogens with zero attached hydrogens (tertiary/aromatic N) is 1. The number of nitrogens with one attached hydrogen (secondary N) is 1. The highest BCUT2D eigenvalue weighted by atomic mass is 32.2. The summed E-state index contributed by atoms with van der Waals surface area (Å²) in [5.41, 5.74) is 0.479. The Hall–Kier alpha value is -1.80. The van der Waals surface area contributed by atoms with Gasteiger partial charge >= 0.3 is 0 Å². The second kappa shape index (κ2) is 4.85. The van der Waals surface area contributed by atoms with Gasteiger partial charge in [-0.1, -0.05) is 0 Å². The third-order valence-corrected chi connectivity index (χ3v) is 7.00. The van der Waals surface area contributed by atoms with Crippen LogP contribution in [0.1, 0.15) is 6.42 Å². The van der Waals surface area contributed by atoms with Crippen LogP contribution in [0.15, 0.2) is 18.2 Å². The van der Waals surface area contributed by atoms with Crippen LogP contribution in [0.2, 0.25) is 0 Å². The molecule has 1 aromatic carbocycles. The molecule has 3 rings (SSSR count). The van der Waals surface area contributed by atoms with Crippen LogP contribution >= 0.6 is 0 Å². The lowest BCUT2D eigenvalue weighted by Crippen LogP contribution is -2.40. The van der Waals surface area contributed by atoms with Crippen molar-refractivity contribution in [3.63, 3.8) is 0 Å². The van der Waals surface area contributed by atoms with Crippen LogP contribution in [0, 0.1) is 5.92 Å². The van der Waals surface area contributed by atoms with Crippen LogP contribution < -0.4 is 14.8 Å². The molecule has 0 bridgehead atoms. The van der Waals surface area contributed by atoms with E-state index in [0.29, 0.717) is 30.2 Å². The molecule has 1 N–H and O–H groups in total. The molecule has 2 fully saturated rings. The highest BCUT2D eigenvalue weighted by molar-refractivity contribution is 7.92. The molecule has 0 spiro atoms. The SMILES string of the molecule is COc1ccc(NC(=O)C23CC2CN(C)S3(=O)=O)cc1OC. The van der Waals surface area contributed by atoms with Crippen LogP contribution in [-0.2, 0) is 14.8 Å². The molecule has 2 aliphatic rings. The van der Waals surface area contributed by atoms with E-state index in [2.05, 4.69) is 5.32 Å². The van der Waals surface area contributed by atoms with Crippen molar-refractivity contribution in [2.45, 2.75) is 11.2 Å². The van der Waals surface area contributed by atoms with Crippen molar-refractivity contribution in [1.29, 1.82) is 0 Å². The van der Waals surface area contributed by atoms with Crippen molar-refractivity contribution in [2.75, 3.05) is 33.1 Å². The summed E-state index contributed by atoms with van der Waals surface area (Å²) in [7, 11) is 0.947. The Morgan fingerprint density at radius 1 is 1.32 bits per heavy atom. The number of anilines is 1. The van der Waals surface area contributed by atoms with Gasteiger partial charge in [0, 0.05) is 31.3 Å². The number of methoxy groups -OCH3 is 2. The zero-order valence-electron chi connectivity index (χ0n) is 12.6. The molecule has 1 aromatic rings. The van der Waals surface area contributed by atoms with E-state index >= 15 is 0 Å². The van der Waals surface area contributed by atoms with Gasteiger partial charge in [-0.2, -0.15) is 0 Å². The molecule has 22 heavy (non-hydrogen) atoms. The lowest BCUT2D eigenvalue weighted by molar-refractivity contribution is -0.116. The van der Waals surface area contributed by atoms with Crippen molar-refractivity contribution in [3.8, 4) is 11.5 Å². The van der Waals surface area contributed by atoms with Crippen LogP contribution in [0.4, 0.5) is 5.69 Å². The van der Waals surface area contributed by atoms with E-state index < -0.39 is 20.7 Å². The Kier molecular flexibility index (Phi) is 3.33. The largest absolute Gasteiger partial charge is 0.493 e. The predicted molar refractivity (Wildman–Crippen MR) is 80.6 cm³/mol. The molecule has 120 valence electrons. The topological polar surface area (TPSA) is 84.9 Å². The normalized spacial score (nSPS) is 28.8. The molecule has 1 amide bonds. The fourth-order valence-electron chi connectivity index (χ4n) is 3.07. The molecule has 1 aliphatic carbocycles. The number of ether oxygens (including phenoxy) is 2. The number of carbonyl (C=O) groups excluding carboxylic acids is 1. The maximum absolute atomic E-state index is 12.5. The van der Waals surface area contributed by atoms with E-state index in [1.54, 1.807) is 18.2 Å².